The van der Waals surface area contributed by atoms with Gasteiger partial charge in [0.05, 0.1) is 5.56 Å². The maximum Gasteiger partial charge on any atom is 0.257 e. The third-order valence-electron chi connectivity index (χ3n) is 3.52. The van der Waals surface area contributed by atoms with Crippen molar-refractivity contribution in [1.82, 2.24) is 9.80 Å². The van der Waals surface area contributed by atoms with E-state index in [2.05, 4.69) is 34.7 Å². The van der Waals surface area contributed by atoms with E-state index >= 15 is 0 Å². The number of phenols is 1. The molecule has 0 atom stereocenters. The lowest BCUT2D eigenvalue weighted by Crippen LogP contribution is -2.50. The minimum atomic E-state index is -0.0894. The maximum absolute atomic E-state index is 12.3. The summed E-state index contributed by atoms with van der Waals surface area (Å²) in [5.41, 5.74) is 0.376. The molecule has 1 fully saturated rings. The lowest BCUT2D eigenvalue weighted by atomic mass is 10.1. The van der Waals surface area contributed by atoms with E-state index in [0.717, 1.165) is 17.6 Å². The van der Waals surface area contributed by atoms with Gasteiger partial charge in [-0.05, 0) is 32.0 Å². The number of amides is 1. The summed E-state index contributed by atoms with van der Waals surface area (Å²) in [7, 11) is 0. The molecular formula is C14H19BrN2O2. The summed E-state index contributed by atoms with van der Waals surface area (Å²) in [4.78, 5) is 16.5. The van der Waals surface area contributed by atoms with E-state index in [1.165, 1.54) is 0 Å². The van der Waals surface area contributed by atoms with E-state index in [1.807, 2.05) is 4.90 Å². The molecule has 1 aromatic rings. The van der Waals surface area contributed by atoms with Crippen LogP contribution in [-0.4, -0.2) is 53.0 Å². The molecule has 0 bridgehead atoms. The first-order valence-corrected chi connectivity index (χ1v) is 7.30. The van der Waals surface area contributed by atoms with Crippen molar-refractivity contribution >= 4 is 21.8 Å². The van der Waals surface area contributed by atoms with Crippen LogP contribution in [0.4, 0.5) is 0 Å². The quantitative estimate of drug-likeness (QED) is 0.907. The van der Waals surface area contributed by atoms with Crippen molar-refractivity contribution in [3.8, 4) is 5.75 Å². The summed E-state index contributed by atoms with van der Waals surface area (Å²) in [5, 5.41) is 9.84. The highest BCUT2D eigenvalue weighted by Crippen LogP contribution is 2.24. The van der Waals surface area contributed by atoms with Gasteiger partial charge in [-0.3, -0.25) is 9.69 Å². The van der Waals surface area contributed by atoms with Gasteiger partial charge in [-0.2, -0.15) is 0 Å². The molecule has 1 aliphatic heterocycles. The predicted molar refractivity (Wildman–Crippen MR) is 78.4 cm³/mol. The van der Waals surface area contributed by atoms with Crippen LogP contribution in [0.3, 0.4) is 0 Å². The van der Waals surface area contributed by atoms with Crippen LogP contribution < -0.4 is 0 Å². The smallest absolute Gasteiger partial charge is 0.257 e. The molecule has 1 amide bonds. The van der Waals surface area contributed by atoms with Crippen molar-refractivity contribution in [2.75, 3.05) is 26.2 Å². The molecule has 0 spiro atoms. The molecule has 2 rings (SSSR count). The molecule has 0 saturated carbocycles. The van der Waals surface area contributed by atoms with Gasteiger partial charge < -0.3 is 10.0 Å². The third-order valence-corrected chi connectivity index (χ3v) is 4.02. The van der Waals surface area contributed by atoms with Gasteiger partial charge in [-0.1, -0.05) is 15.9 Å². The molecule has 1 saturated heterocycles. The number of carbonyl (C=O) groups excluding carboxylic acids is 1. The number of piperazine rings is 1. The zero-order valence-corrected chi connectivity index (χ0v) is 12.9. The third kappa shape index (κ3) is 3.28. The van der Waals surface area contributed by atoms with Crippen LogP contribution in [0.25, 0.3) is 0 Å². The van der Waals surface area contributed by atoms with Gasteiger partial charge in [0, 0.05) is 36.7 Å². The van der Waals surface area contributed by atoms with Crippen LogP contribution in [0.15, 0.2) is 22.7 Å². The number of carbonyl (C=O) groups is 1. The summed E-state index contributed by atoms with van der Waals surface area (Å²) in [6, 6.07) is 5.50. The molecule has 0 aromatic heterocycles. The Hall–Kier alpha value is -1.07. The Kier molecular flexibility index (Phi) is 4.47. The molecule has 4 nitrogen and oxygen atoms in total. The average Bonchev–Trinajstić information content (AvgIpc) is 2.38. The molecule has 0 aliphatic carbocycles. The Labute approximate surface area is 122 Å². The molecule has 104 valence electrons. The van der Waals surface area contributed by atoms with Crippen LogP contribution in [0.1, 0.15) is 24.2 Å². The molecule has 1 N–H and O–H groups in total. The number of hydrogen-bond acceptors (Lipinski definition) is 3. The summed E-state index contributed by atoms with van der Waals surface area (Å²) in [6.45, 7) is 7.54. The standard InChI is InChI=1S/C14H19BrN2O2/c1-10(2)16-5-7-17(8-6-16)14(19)12-4-3-11(15)9-13(12)18/h3-4,9-10,18H,5-8H2,1-2H3. The largest absolute Gasteiger partial charge is 0.507 e. The summed E-state index contributed by atoms with van der Waals surface area (Å²) < 4.78 is 0.770. The van der Waals surface area contributed by atoms with Crippen LogP contribution in [0, 0.1) is 0 Å². The SMILES string of the molecule is CC(C)N1CCN(C(=O)c2ccc(Br)cc2O)CC1. The molecule has 19 heavy (non-hydrogen) atoms. The zero-order valence-electron chi connectivity index (χ0n) is 11.3. The molecule has 0 radical (unpaired) electrons. The van der Waals surface area contributed by atoms with E-state index in [9.17, 15) is 9.90 Å². The number of rotatable bonds is 2. The van der Waals surface area contributed by atoms with E-state index < -0.39 is 0 Å². The first kappa shape index (κ1) is 14.3. The number of halogens is 1. The second kappa shape index (κ2) is 5.92. The van der Waals surface area contributed by atoms with Crippen LogP contribution in [-0.2, 0) is 0 Å². The second-order valence-corrected chi connectivity index (χ2v) is 6.00. The van der Waals surface area contributed by atoms with Crippen molar-refractivity contribution in [2.45, 2.75) is 19.9 Å². The number of nitrogens with zero attached hydrogens (tertiary/aromatic N) is 2. The second-order valence-electron chi connectivity index (χ2n) is 5.08. The van der Waals surface area contributed by atoms with Crippen molar-refractivity contribution in [3.05, 3.63) is 28.2 Å². The average molecular weight is 327 g/mol. The van der Waals surface area contributed by atoms with Crippen LogP contribution in [0.2, 0.25) is 0 Å². The monoisotopic (exact) mass is 326 g/mol. The number of phenolic OH excluding ortho intramolecular Hbond substituents is 1. The topological polar surface area (TPSA) is 43.8 Å². The fourth-order valence-electron chi connectivity index (χ4n) is 2.30. The van der Waals surface area contributed by atoms with Crippen molar-refractivity contribution < 1.29 is 9.90 Å². The minimum Gasteiger partial charge on any atom is -0.507 e. The maximum atomic E-state index is 12.3. The number of aromatic hydroxyl groups is 1. The summed E-state index contributed by atoms with van der Waals surface area (Å²) >= 11 is 3.27. The van der Waals surface area contributed by atoms with Gasteiger partial charge in [-0.15, -0.1) is 0 Å². The molecule has 1 heterocycles. The summed E-state index contributed by atoms with van der Waals surface area (Å²) in [5.74, 6) is -0.0564. The normalized spacial score (nSPS) is 16.9. The van der Waals surface area contributed by atoms with Crippen molar-refractivity contribution in [2.24, 2.45) is 0 Å². The first-order valence-electron chi connectivity index (χ1n) is 6.51. The highest BCUT2D eigenvalue weighted by molar-refractivity contribution is 9.10. The fraction of sp³-hybridized carbons (Fsp3) is 0.500. The molecule has 0 unspecified atom stereocenters. The first-order chi connectivity index (χ1) is 8.99. The van der Waals surface area contributed by atoms with Crippen molar-refractivity contribution in [1.29, 1.82) is 0 Å². The molecule has 5 heteroatoms. The Bertz CT molecular complexity index is 469. The van der Waals surface area contributed by atoms with Gasteiger partial charge >= 0.3 is 0 Å². The molecule has 1 aromatic carbocycles. The van der Waals surface area contributed by atoms with E-state index in [4.69, 9.17) is 0 Å². The lowest BCUT2D eigenvalue weighted by molar-refractivity contribution is 0.0592. The fourth-order valence-corrected chi connectivity index (χ4v) is 2.65. The molecular weight excluding hydrogens is 308 g/mol. The Morgan fingerprint density at radius 1 is 1.26 bits per heavy atom. The number of benzene rings is 1. The Balaban J connectivity index is 2.05. The van der Waals surface area contributed by atoms with E-state index in [1.54, 1.807) is 18.2 Å². The van der Waals surface area contributed by atoms with Crippen molar-refractivity contribution in [3.63, 3.8) is 0 Å². The minimum absolute atomic E-state index is 0.0330. The van der Waals surface area contributed by atoms with Gasteiger partial charge in [0.1, 0.15) is 5.75 Å². The van der Waals surface area contributed by atoms with Gasteiger partial charge in [0.2, 0.25) is 0 Å². The predicted octanol–water partition coefficient (Wildman–Crippen LogP) is 2.32. The van der Waals surface area contributed by atoms with Crippen LogP contribution >= 0.6 is 15.9 Å². The zero-order chi connectivity index (χ0) is 14.0. The van der Waals surface area contributed by atoms with E-state index in [-0.39, 0.29) is 11.7 Å². The highest BCUT2D eigenvalue weighted by atomic mass is 79.9. The highest BCUT2D eigenvalue weighted by Gasteiger charge is 2.24. The number of hydrogen-bond donors (Lipinski definition) is 1. The summed E-state index contributed by atoms with van der Waals surface area (Å²) in [6.07, 6.45) is 0. The Morgan fingerprint density at radius 3 is 2.42 bits per heavy atom. The van der Waals surface area contributed by atoms with Gasteiger partial charge in [0.15, 0.2) is 0 Å². The van der Waals surface area contributed by atoms with Crippen LogP contribution in [0.5, 0.6) is 5.75 Å². The lowest BCUT2D eigenvalue weighted by Gasteiger charge is -2.37. The van der Waals surface area contributed by atoms with E-state index in [0.29, 0.717) is 24.7 Å². The molecule has 1 aliphatic rings. The van der Waals surface area contributed by atoms with Gasteiger partial charge in [0.25, 0.3) is 5.91 Å². The Morgan fingerprint density at radius 2 is 1.89 bits per heavy atom. The van der Waals surface area contributed by atoms with Gasteiger partial charge in [-0.25, -0.2) is 0 Å².